The van der Waals surface area contributed by atoms with Gasteiger partial charge in [0.2, 0.25) is 25.0 Å². The van der Waals surface area contributed by atoms with Crippen molar-refractivity contribution in [3.63, 3.8) is 0 Å². The maximum Gasteiger partial charge on any atom is 0.231 e. The first-order valence-corrected chi connectivity index (χ1v) is 12.0. The second-order valence-corrected chi connectivity index (χ2v) is 9.17. The van der Waals surface area contributed by atoms with Gasteiger partial charge in [0, 0.05) is 23.8 Å². The molecule has 0 fully saturated rings. The molecule has 6 rings (SSSR count). The van der Waals surface area contributed by atoms with Gasteiger partial charge in [0.1, 0.15) is 5.39 Å². The molecule has 0 spiro atoms. The highest BCUT2D eigenvalue weighted by Gasteiger charge is 2.37. The first-order valence-electron chi connectivity index (χ1n) is 12.0. The maximum absolute atomic E-state index is 13.3. The minimum Gasteiger partial charge on any atom is -1.00 e. The fourth-order valence-electron chi connectivity index (χ4n) is 5.44. The maximum atomic E-state index is 13.3. The third-order valence-corrected chi connectivity index (χ3v) is 7.16. The molecule has 0 unspecified atom stereocenters. The van der Waals surface area contributed by atoms with Crippen LogP contribution in [0.25, 0.3) is 27.6 Å². The van der Waals surface area contributed by atoms with E-state index in [0.717, 1.165) is 77.0 Å². The predicted octanol–water partition coefficient (Wildman–Crippen LogP) is 2.28. The Kier molecular flexibility index (Phi) is 6.09. The van der Waals surface area contributed by atoms with E-state index in [1.54, 1.807) is 0 Å². The van der Waals surface area contributed by atoms with Crippen LogP contribution in [0.4, 0.5) is 0 Å². The van der Waals surface area contributed by atoms with Gasteiger partial charge in [-0.2, -0.15) is 4.57 Å². The van der Waals surface area contributed by atoms with Crippen molar-refractivity contribution in [1.82, 2.24) is 0 Å². The Bertz CT molecular complexity index is 1380. The standard InChI is InChI=1S/C28H28NO5.ClH/c1-4-5-6-7-21(30)17(3)27-25-19(8-9-22-28(25)34-15-31-22)16(2)26-20-13-24-23(32-14-33-24)12-18(20)10-11-29(26)27;/h8-9,12-13H,3-7,10-11,14-15H2,1-2H3;1H/q+1;/p-1. The summed E-state index contributed by atoms with van der Waals surface area (Å²) in [4.78, 5) is 13.3. The molecule has 0 aliphatic carbocycles. The van der Waals surface area contributed by atoms with Crippen LogP contribution in [0.1, 0.15) is 49.4 Å². The third kappa shape index (κ3) is 3.62. The lowest BCUT2D eigenvalue weighted by Gasteiger charge is -2.22. The van der Waals surface area contributed by atoms with Crippen molar-refractivity contribution >= 4 is 22.1 Å². The summed E-state index contributed by atoms with van der Waals surface area (Å²) in [6.45, 7) is 9.75. The Morgan fingerprint density at radius 3 is 2.57 bits per heavy atom. The van der Waals surface area contributed by atoms with Crippen molar-refractivity contribution < 1.29 is 40.7 Å². The number of rotatable bonds is 6. The molecular formula is C28H28ClNO5. The SMILES string of the molecule is C=C(C(=O)CCCCC)c1c2c3c(ccc2c(C)c2[n+]1CCc1cc4c(cc1-2)OCO4)OCO3.[Cl-]. The average Bonchev–Trinajstić information content (AvgIpc) is 3.51. The van der Waals surface area contributed by atoms with Crippen molar-refractivity contribution in [2.75, 3.05) is 13.6 Å². The molecule has 1 aromatic heterocycles. The Morgan fingerprint density at radius 1 is 1.03 bits per heavy atom. The second-order valence-electron chi connectivity index (χ2n) is 9.17. The summed E-state index contributed by atoms with van der Waals surface area (Å²) < 4.78 is 25.2. The molecule has 0 saturated carbocycles. The Hall–Kier alpha value is -3.25. The quantitative estimate of drug-likeness (QED) is 0.299. The van der Waals surface area contributed by atoms with Crippen LogP contribution >= 0.6 is 0 Å². The lowest BCUT2D eigenvalue weighted by atomic mass is 9.88. The van der Waals surface area contributed by atoms with Gasteiger partial charge < -0.3 is 31.4 Å². The van der Waals surface area contributed by atoms with Gasteiger partial charge in [-0.3, -0.25) is 4.79 Å². The normalized spacial score (nSPS) is 14.3. The number of benzene rings is 2. The van der Waals surface area contributed by atoms with Gasteiger partial charge in [-0.05, 0) is 43.2 Å². The van der Waals surface area contributed by atoms with Crippen LogP contribution in [-0.2, 0) is 17.8 Å². The van der Waals surface area contributed by atoms with Crippen LogP contribution in [0.5, 0.6) is 23.0 Å². The van der Waals surface area contributed by atoms with E-state index in [2.05, 4.69) is 43.2 Å². The lowest BCUT2D eigenvalue weighted by Crippen LogP contribution is -3.00. The molecular weight excluding hydrogens is 466 g/mol. The van der Waals surface area contributed by atoms with Crippen LogP contribution in [0.2, 0.25) is 0 Å². The molecule has 7 heteroatoms. The lowest BCUT2D eigenvalue weighted by molar-refractivity contribution is -0.688. The minimum atomic E-state index is 0. The number of unbranched alkanes of at least 4 members (excludes halogenated alkanes) is 2. The van der Waals surface area contributed by atoms with Gasteiger partial charge >= 0.3 is 0 Å². The fraction of sp³-hybridized carbons (Fsp3) is 0.357. The van der Waals surface area contributed by atoms with Gasteiger partial charge in [-0.15, -0.1) is 0 Å². The Labute approximate surface area is 210 Å². The average molecular weight is 494 g/mol. The smallest absolute Gasteiger partial charge is 0.231 e. The third-order valence-electron chi connectivity index (χ3n) is 7.16. The van der Waals surface area contributed by atoms with Crippen LogP contribution in [0.15, 0.2) is 30.8 Å². The number of Topliss-reactive ketones (excluding diaryl/α,β-unsaturated/α-hetero) is 1. The largest absolute Gasteiger partial charge is 1.00 e. The molecule has 0 saturated heterocycles. The summed E-state index contributed by atoms with van der Waals surface area (Å²) >= 11 is 0. The molecule has 4 heterocycles. The Balaban J connectivity index is 0.00000253. The number of ether oxygens (including phenoxy) is 4. The van der Waals surface area contributed by atoms with Gasteiger partial charge in [0.05, 0.1) is 11.1 Å². The summed E-state index contributed by atoms with van der Waals surface area (Å²) in [5.41, 5.74) is 5.92. The molecule has 3 aromatic rings. The van der Waals surface area contributed by atoms with Crippen LogP contribution in [-0.4, -0.2) is 19.4 Å². The molecule has 182 valence electrons. The number of carbonyl (C=O) groups excluding carboxylic acids is 1. The number of ketones is 1. The molecule has 3 aliphatic rings. The van der Waals surface area contributed by atoms with Gasteiger partial charge in [0.25, 0.3) is 0 Å². The van der Waals surface area contributed by atoms with E-state index in [4.69, 9.17) is 18.9 Å². The molecule has 0 amide bonds. The van der Waals surface area contributed by atoms with Crippen LogP contribution in [0, 0.1) is 6.92 Å². The van der Waals surface area contributed by atoms with E-state index in [9.17, 15) is 4.79 Å². The topological polar surface area (TPSA) is 57.9 Å². The molecule has 0 radical (unpaired) electrons. The molecule has 3 aliphatic heterocycles. The fourth-order valence-corrected chi connectivity index (χ4v) is 5.44. The molecule has 0 bridgehead atoms. The first kappa shape index (κ1) is 23.5. The summed E-state index contributed by atoms with van der Waals surface area (Å²) in [6.07, 6.45) is 4.30. The van der Waals surface area contributed by atoms with E-state index in [1.165, 1.54) is 5.56 Å². The number of pyridine rings is 1. The second kappa shape index (κ2) is 9.08. The van der Waals surface area contributed by atoms with Gasteiger partial charge in [-0.1, -0.05) is 26.3 Å². The van der Waals surface area contributed by atoms with Crippen molar-refractivity contribution in [3.05, 3.63) is 47.7 Å². The summed E-state index contributed by atoms with van der Waals surface area (Å²) in [5.74, 6) is 3.05. The highest BCUT2D eigenvalue weighted by atomic mass is 35.5. The number of aromatic nitrogens is 1. The van der Waals surface area contributed by atoms with Crippen LogP contribution < -0.4 is 35.9 Å². The first-order chi connectivity index (χ1) is 16.6. The van der Waals surface area contributed by atoms with Crippen molar-refractivity contribution in [2.24, 2.45) is 0 Å². The number of halogens is 1. The molecule has 6 nitrogen and oxygen atoms in total. The number of hydrogen-bond donors (Lipinski definition) is 0. The zero-order valence-corrected chi connectivity index (χ0v) is 20.8. The van der Waals surface area contributed by atoms with Crippen molar-refractivity contribution in [1.29, 1.82) is 0 Å². The van der Waals surface area contributed by atoms with E-state index in [0.29, 0.717) is 23.5 Å². The van der Waals surface area contributed by atoms with Crippen molar-refractivity contribution in [3.8, 4) is 34.3 Å². The van der Waals surface area contributed by atoms with E-state index >= 15 is 0 Å². The number of hydrogen-bond acceptors (Lipinski definition) is 5. The van der Waals surface area contributed by atoms with E-state index < -0.39 is 0 Å². The minimum absolute atomic E-state index is 0. The van der Waals surface area contributed by atoms with Crippen molar-refractivity contribution in [2.45, 2.75) is 52.5 Å². The molecule has 0 N–H and O–H groups in total. The van der Waals surface area contributed by atoms with Gasteiger partial charge in [0.15, 0.2) is 35.3 Å². The molecule has 2 aromatic carbocycles. The monoisotopic (exact) mass is 493 g/mol. The number of aryl methyl sites for hydroxylation is 2. The summed E-state index contributed by atoms with van der Waals surface area (Å²) in [6, 6.07) is 8.19. The highest BCUT2D eigenvalue weighted by Crippen LogP contribution is 2.46. The number of nitrogens with zero attached hydrogens (tertiary/aromatic N) is 1. The molecule has 0 atom stereocenters. The Morgan fingerprint density at radius 2 is 1.77 bits per heavy atom. The zero-order valence-electron chi connectivity index (χ0n) is 20.0. The highest BCUT2D eigenvalue weighted by molar-refractivity contribution is 6.22. The number of allylic oxidation sites excluding steroid dienone is 1. The van der Waals surface area contributed by atoms with Crippen LogP contribution in [0.3, 0.4) is 0 Å². The summed E-state index contributed by atoms with van der Waals surface area (Å²) in [7, 11) is 0. The number of fused-ring (bicyclic) bond motifs is 7. The van der Waals surface area contributed by atoms with E-state index in [1.807, 2.05) is 6.07 Å². The number of carbonyl (C=O) groups is 1. The predicted molar refractivity (Wildman–Crippen MR) is 128 cm³/mol. The van der Waals surface area contributed by atoms with Gasteiger partial charge in [-0.25, -0.2) is 0 Å². The molecule has 35 heavy (non-hydrogen) atoms. The van der Waals surface area contributed by atoms with E-state index in [-0.39, 0.29) is 31.8 Å². The zero-order chi connectivity index (χ0) is 23.4. The summed E-state index contributed by atoms with van der Waals surface area (Å²) in [5, 5.41) is 1.95.